The lowest BCUT2D eigenvalue weighted by molar-refractivity contribution is -0.142. The molecule has 0 aliphatic carbocycles. The van der Waals surface area contributed by atoms with Crippen LogP contribution < -0.4 is 0 Å². The van der Waals surface area contributed by atoms with E-state index in [0.29, 0.717) is 4.90 Å². The second-order valence-corrected chi connectivity index (χ2v) is 6.40. The molecule has 0 saturated heterocycles. The Hall–Kier alpha value is -1.48. The van der Waals surface area contributed by atoms with Gasteiger partial charge in [0.15, 0.2) is 5.69 Å². The third-order valence-corrected chi connectivity index (χ3v) is 4.47. The molecule has 0 fully saturated rings. The molecule has 124 valence electrons. The highest BCUT2D eigenvalue weighted by Gasteiger charge is 2.42. The van der Waals surface area contributed by atoms with Gasteiger partial charge in [0.25, 0.3) is 0 Å². The van der Waals surface area contributed by atoms with Crippen LogP contribution in [0.4, 0.5) is 13.2 Å². The first kappa shape index (κ1) is 17.9. The molecule has 0 aliphatic heterocycles. The quantitative estimate of drug-likeness (QED) is 0.697. The zero-order chi connectivity index (χ0) is 17.2. The molecule has 4 nitrogen and oxygen atoms in total. The number of ether oxygens (including phenoxy) is 1. The van der Waals surface area contributed by atoms with Crippen molar-refractivity contribution in [3.05, 3.63) is 40.0 Å². The summed E-state index contributed by atoms with van der Waals surface area (Å²) >= 11 is 4.30. The maximum atomic E-state index is 13.1. The van der Waals surface area contributed by atoms with Gasteiger partial charge in [-0.3, -0.25) is 4.68 Å². The number of esters is 1. The van der Waals surface area contributed by atoms with Crippen LogP contribution in [0.15, 0.2) is 38.7 Å². The SMILES string of the molecule is CCOC(=O)c1c(C(F)(F)F)nn(C)c1Sc1ccc(Br)cc1. The minimum absolute atomic E-state index is 0.0204. The first-order chi connectivity index (χ1) is 10.7. The number of benzene rings is 1. The summed E-state index contributed by atoms with van der Waals surface area (Å²) < 4.78 is 46.1. The van der Waals surface area contributed by atoms with Crippen molar-refractivity contribution < 1.29 is 22.7 Å². The molecule has 0 radical (unpaired) electrons. The van der Waals surface area contributed by atoms with Gasteiger partial charge in [-0.2, -0.15) is 18.3 Å². The molecule has 1 heterocycles. The Morgan fingerprint density at radius 2 is 1.96 bits per heavy atom. The van der Waals surface area contributed by atoms with Gasteiger partial charge < -0.3 is 4.74 Å². The van der Waals surface area contributed by atoms with Gasteiger partial charge in [0, 0.05) is 16.4 Å². The summed E-state index contributed by atoms with van der Waals surface area (Å²) in [5, 5.41) is 3.54. The lowest BCUT2D eigenvalue weighted by Gasteiger charge is -2.08. The normalized spacial score (nSPS) is 11.6. The van der Waals surface area contributed by atoms with E-state index in [1.165, 1.54) is 14.0 Å². The molecular weight excluding hydrogens is 397 g/mol. The summed E-state index contributed by atoms with van der Waals surface area (Å²) in [6.07, 6.45) is -4.74. The van der Waals surface area contributed by atoms with Gasteiger partial charge in [-0.25, -0.2) is 4.79 Å². The van der Waals surface area contributed by atoms with E-state index in [1.807, 2.05) is 0 Å². The van der Waals surface area contributed by atoms with Gasteiger partial charge in [0.05, 0.1) is 6.61 Å². The molecule has 0 saturated carbocycles. The van der Waals surface area contributed by atoms with E-state index in [1.54, 1.807) is 24.3 Å². The van der Waals surface area contributed by atoms with E-state index >= 15 is 0 Å². The second kappa shape index (κ2) is 6.96. The molecule has 0 unspecified atom stereocenters. The van der Waals surface area contributed by atoms with Crippen molar-refractivity contribution in [2.24, 2.45) is 7.05 Å². The number of hydrogen-bond acceptors (Lipinski definition) is 4. The highest BCUT2D eigenvalue weighted by molar-refractivity contribution is 9.10. The third-order valence-electron chi connectivity index (χ3n) is 2.77. The first-order valence-corrected chi connectivity index (χ1v) is 8.09. The zero-order valence-corrected chi connectivity index (χ0v) is 14.6. The van der Waals surface area contributed by atoms with E-state index in [-0.39, 0.29) is 11.6 Å². The van der Waals surface area contributed by atoms with Crippen LogP contribution in [0.25, 0.3) is 0 Å². The predicted molar refractivity (Wildman–Crippen MR) is 82.4 cm³/mol. The first-order valence-electron chi connectivity index (χ1n) is 6.48. The van der Waals surface area contributed by atoms with Crippen molar-refractivity contribution in [3.63, 3.8) is 0 Å². The summed E-state index contributed by atoms with van der Waals surface area (Å²) in [5.74, 6) is -1.03. The van der Waals surface area contributed by atoms with Gasteiger partial charge >= 0.3 is 12.1 Å². The third kappa shape index (κ3) is 4.08. The summed E-state index contributed by atoms with van der Waals surface area (Å²) in [5.41, 5.74) is -1.80. The van der Waals surface area contributed by atoms with Crippen LogP contribution >= 0.6 is 27.7 Å². The maximum Gasteiger partial charge on any atom is 0.436 e. The minimum atomic E-state index is -4.74. The Kier molecular flexibility index (Phi) is 5.41. The van der Waals surface area contributed by atoms with Crippen molar-refractivity contribution >= 4 is 33.7 Å². The highest BCUT2D eigenvalue weighted by Crippen LogP contribution is 2.38. The minimum Gasteiger partial charge on any atom is -0.462 e. The van der Waals surface area contributed by atoms with Crippen LogP contribution in [-0.4, -0.2) is 22.4 Å². The van der Waals surface area contributed by atoms with Gasteiger partial charge in [0.1, 0.15) is 10.6 Å². The Morgan fingerprint density at radius 3 is 2.48 bits per heavy atom. The van der Waals surface area contributed by atoms with Crippen molar-refractivity contribution in [1.82, 2.24) is 9.78 Å². The molecule has 1 aromatic carbocycles. The molecule has 0 N–H and O–H groups in total. The molecular formula is C14H12BrF3N2O2S. The fourth-order valence-electron chi connectivity index (χ4n) is 1.83. The lowest BCUT2D eigenvalue weighted by Crippen LogP contribution is -2.14. The van der Waals surface area contributed by atoms with Crippen LogP contribution in [0.1, 0.15) is 23.0 Å². The molecule has 9 heteroatoms. The predicted octanol–water partition coefficient (Wildman–Crippen LogP) is 4.53. The molecule has 0 amide bonds. The van der Waals surface area contributed by atoms with Crippen molar-refractivity contribution in [2.45, 2.75) is 23.0 Å². The fourth-order valence-corrected chi connectivity index (χ4v) is 3.04. The van der Waals surface area contributed by atoms with Crippen LogP contribution in [-0.2, 0) is 18.0 Å². The number of alkyl halides is 3. The number of carbonyl (C=O) groups excluding carboxylic acids is 1. The van der Waals surface area contributed by atoms with E-state index in [2.05, 4.69) is 21.0 Å². The van der Waals surface area contributed by atoms with Crippen LogP contribution in [0.2, 0.25) is 0 Å². The van der Waals surface area contributed by atoms with Crippen LogP contribution in [0, 0.1) is 0 Å². The molecule has 1 aromatic heterocycles. The number of nitrogens with zero attached hydrogens (tertiary/aromatic N) is 2. The largest absolute Gasteiger partial charge is 0.462 e. The number of aryl methyl sites for hydroxylation is 1. The average molecular weight is 409 g/mol. The average Bonchev–Trinajstić information content (AvgIpc) is 2.79. The standard InChI is InChI=1S/C14H12BrF3N2O2S/c1-3-22-13(21)10-11(14(16,17)18)19-20(2)12(10)23-9-6-4-8(15)5-7-9/h4-7H,3H2,1-2H3. The summed E-state index contributed by atoms with van der Waals surface area (Å²) in [6, 6.07) is 6.97. The summed E-state index contributed by atoms with van der Waals surface area (Å²) in [4.78, 5) is 12.7. The van der Waals surface area contributed by atoms with E-state index in [4.69, 9.17) is 4.74 Å². The number of hydrogen-bond donors (Lipinski definition) is 0. The Labute approximate surface area is 143 Å². The van der Waals surface area contributed by atoms with Crippen molar-refractivity contribution in [2.75, 3.05) is 6.61 Å². The van der Waals surface area contributed by atoms with Gasteiger partial charge in [-0.05, 0) is 31.2 Å². The summed E-state index contributed by atoms with van der Waals surface area (Å²) in [6.45, 7) is 1.51. The lowest BCUT2D eigenvalue weighted by atomic mass is 10.2. The maximum absolute atomic E-state index is 13.1. The van der Waals surface area contributed by atoms with Gasteiger partial charge in [-0.15, -0.1) is 0 Å². The molecule has 2 aromatic rings. The Bertz CT molecular complexity index is 714. The molecule has 0 atom stereocenters. The fraction of sp³-hybridized carbons (Fsp3) is 0.286. The van der Waals surface area contributed by atoms with Gasteiger partial charge in [-0.1, -0.05) is 27.7 Å². The van der Waals surface area contributed by atoms with Crippen molar-refractivity contribution in [3.8, 4) is 0 Å². The molecule has 23 heavy (non-hydrogen) atoms. The van der Waals surface area contributed by atoms with Crippen LogP contribution in [0.5, 0.6) is 0 Å². The molecule has 2 rings (SSSR count). The van der Waals surface area contributed by atoms with Crippen molar-refractivity contribution in [1.29, 1.82) is 0 Å². The monoisotopic (exact) mass is 408 g/mol. The highest BCUT2D eigenvalue weighted by atomic mass is 79.9. The van der Waals surface area contributed by atoms with Crippen LogP contribution in [0.3, 0.4) is 0 Å². The van der Waals surface area contributed by atoms with E-state index < -0.39 is 23.4 Å². The molecule has 0 bridgehead atoms. The second-order valence-electron chi connectivity index (χ2n) is 4.43. The van der Waals surface area contributed by atoms with E-state index in [0.717, 1.165) is 20.9 Å². The Morgan fingerprint density at radius 1 is 1.35 bits per heavy atom. The van der Waals surface area contributed by atoms with E-state index in [9.17, 15) is 18.0 Å². The summed E-state index contributed by atoms with van der Waals surface area (Å²) in [7, 11) is 1.36. The molecule has 0 spiro atoms. The topological polar surface area (TPSA) is 44.1 Å². The van der Waals surface area contributed by atoms with Gasteiger partial charge in [0.2, 0.25) is 0 Å². The number of halogens is 4. The molecule has 0 aliphatic rings. The Balaban J connectivity index is 2.51. The zero-order valence-electron chi connectivity index (χ0n) is 12.1. The number of carbonyl (C=O) groups is 1. The number of rotatable bonds is 4. The smallest absolute Gasteiger partial charge is 0.436 e. The number of aromatic nitrogens is 2.